The highest BCUT2D eigenvalue weighted by Gasteiger charge is 2.57. The van der Waals surface area contributed by atoms with Gasteiger partial charge in [0.2, 0.25) is 11.8 Å². The van der Waals surface area contributed by atoms with Gasteiger partial charge in [0.05, 0.1) is 0 Å². The van der Waals surface area contributed by atoms with E-state index in [9.17, 15) is 9.59 Å². The minimum atomic E-state index is -0.970. The molecule has 2 amide bonds. The van der Waals surface area contributed by atoms with Crippen LogP contribution in [0.4, 0.5) is 11.4 Å². The Hall–Kier alpha value is -2.33. The third-order valence-electron chi connectivity index (χ3n) is 4.47. The number of amides is 2. The van der Waals surface area contributed by atoms with Gasteiger partial charge in [-0.2, -0.15) is 0 Å². The van der Waals surface area contributed by atoms with Gasteiger partial charge in [0.25, 0.3) is 0 Å². The van der Waals surface area contributed by atoms with E-state index in [1.54, 1.807) is 24.1 Å². The number of hydrogen-bond acceptors (Lipinski definition) is 2. The second-order valence-corrected chi connectivity index (χ2v) is 6.61. The summed E-state index contributed by atoms with van der Waals surface area (Å²) in [6.07, 6.45) is 1.13. The molecular weight excluding hydrogens is 324 g/mol. The van der Waals surface area contributed by atoms with Crippen molar-refractivity contribution in [2.75, 3.05) is 17.3 Å². The number of para-hydroxylation sites is 1. The molecular formula is C19H19ClN2O2. The first-order valence-corrected chi connectivity index (χ1v) is 8.23. The Balaban J connectivity index is 1.76. The van der Waals surface area contributed by atoms with Gasteiger partial charge in [0.15, 0.2) is 0 Å². The van der Waals surface area contributed by atoms with E-state index in [0.29, 0.717) is 23.6 Å². The Labute approximate surface area is 146 Å². The molecule has 0 aromatic heterocycles. The van der Waals surface area contributed by atoms with Crippen LogP contribution in [0.25, 0.3) is 0 Å². The van der Waals surface area contributed by atoms with Crippen LogP contribution in [0.15, 0.2) is 48.5 Å². The zero-order chi connectivity index (χ0) is 17.3. The van der Waals surface area contributed by atoms with Crippen LogP contribution in [0, 0.1) is 12.3 Å². The summed E-state index contributed by atoms with van der Waals surface area (Å²) in [6.45, 7) is 1.90. The van der Waals surface area contributed by atoms with Crippen LogP contribution in [0.5, 0.6) is 0 Å². The Morgan fingerprint density at radius 2 is 1.79 bits per heavy atom. The first-order valence-electron chi connectivity index (χ1n) is 7.85. The smallest absolute Gasteiger partial charge is 0.242 e. The van der Waals surface area contributed by atoms with Crippen molar-refractivity contribution in [1.82, 2.24) is 0 Å². The highest BCUT2D eigenvalue weighted by Crippen LogP contribution is 2.48. The normalized spacial score (nSPS) is 14.8. The molecule has 1 saturated carbocycles. The minimum Gasteiger partial charge on any atom is -0.325 e. The first-order chi connectivity index (χ1) is 11.4. The first kappa shape index (κ1) is 16.5. The van der Waals surface area contributed by atoms with Crippen molar-refractivity contribution >= 4 is 34.8 Å². The lowest BCUT2D eigenvalue weighted by Crippen LogP contribution is -2.41. The number of benzene rings is 2. The summed E-state index contributed by atoms with van der Waals surface area (Å²) in [5, 5.41) is 3.42. The third-order valence-corrected chi connectivity index (χ3v) is 4.88. The molecule has 4 nitrogen and oxygen atoms in total. The van der Waals surface area contributed by atoms with Crippen molar-refractivity contribution in [2.24, 2.45) is 5.41 Å². The van der Waals surface area contributed by atoms with E-state index < -0.39 is 5.41 Å². The summed E-state index contributed by atoms with van der Waals surface area (Å²) in [5.74, 6) is -0.445. The Kier molecular flexibility index (Phi) is 4.33. The maximum atomic E-state index is 12.8. The fourth-order valence-electron chi connectivity index (χ4n) is 2.67. The van der Waals surface area contributed by atoms with Gasteiger partial charge in [-0.05, 0) is 49.6 Å². The summed E-state index contributed by atoms with van der Waals surface area (Å²) in [6, 6.07) is 14.7. The number of halogens is 1. The molecule has 0 aliphatic heterocycles. The van der Waals surface area contributed by atoms with Crippen LogP contribution in [-0.2, 0) is 9.59 Å². The van der Waals surface area contributed by atoms with Crippen molar-refractivity contribution in [3.8, 4) is 0 Å². The molecule has 1 aliphatic carbocycles. The van der Waals surface area contributed by atoms with Gasteiger partial charge in [-0.1, -0.05) is 35.9 Å². The zero-order valence-corrected chi connectivity index (χ0v) is 14.4. The van der Waals surface area contributed by atoms with Crippen molar-refractivity contribution < 1.29 is 9.59 Å². The molecule has 124 valence electrons. The average molecular weight is 343 g/mol. The number of rotatable bonds is 4. The Morgan fingerprint density at radius 3 is 2.38 bits per heavy atom. The summed E-state index contributed by atoms with van der Waals surface area (Å²) in [5.41, 5.74) is 1.36. The van der Waals surface area contributed by atoms with E-state index in [1.807, 2.05) is 43.3 Å². The molecule has 0 heterocycles. The van der Waals surface area contributed by atoms with Gasteiger partial charge in [0.1, 0.15) is 5.41 Å². The quantitative estimate of drug-likeness (QED) is 0.853. The highest BCUT2D eigenvalue weighted by molar-refractivity contribution is 6.31. The van der Waals surface area contributed by atoms with E-state index in [1.165, 1.54) is 0 Å². The molecule has 5 heteroatoms. The van der Waals surface area contributed by atoms with Crippen LogP contribution in [0.3, 0.4) is 0 Å². The van der Waals surface area contributed by atoms with Gasteiger partial charge >= 0.3 is 0 Å². The van der Waals surface area contributed by atoms with E-state index in [2.05, 4.69) is 5.32 Å². The maximum absolute atomic E-state index is 12.8. The van der Waals surface area contributed by atoms with Crippen molar-refractivity contribution in [2.45, 2.75) is 19.8 Å². The second kappa shape index (κ2) is 6.29. The molecule has 24 heavy (non-hydrogen) atoms. The van der Waals surface area contributed by atoms with Crippen LogP contribution >= 0.6 is 11.6 Å². The molecule has 2 aromatic carbocycles. The molecule has 0 spiro atoms. The fraction of sp³-hybridized carbons (Fsp3) is 0.263. The van der Waals surface area contributed by atoms with Crippen LogP contribution in [0.2, 0.25) is 5.02 Å². The lowest BCUT2D eigenvalue weighted by atomic mass is 10.0. The van der Waals surface area contributed by atoms with E-state index in [0.717, 1.165) is 11.3 Å². The molecule has 2 aromatic rings. The highest BCUT2D eigenvalue weighted by atomic mass is 35.5. The summed E-state index contributed by atoms with van der Waals surface area (Å²) in [4.78, 5) is 27.0. The molecule has 1 N–H and O–H groups in total. The Morgan fingerprint density at radius 1 is 1.12 bits per heavy atom. The molecule has 0 bridgehead atoms. The van der Waals surface area contributed by atoms with E-state index >= 15 is 0 Å². The fourth-order valence-corrected chi connectivity index (χ4v) is 2.85. The largest absolute Gasteiger partial charge is 0.325 e. The maximum Gasteiger partial charge on any atom is 0.242 e. The molecule has 0 atom stereocenters. The summed E-state index contributed by atoms with van der Waals surface area (Å²) >= 11 is 6.09. The van der Waals surface area contributed by atoms with Gasteiger partial charge < -0.3 is 10.2 Å². The number of nitrogens with zero attached hydrogens (tertiary/aromatic N) is 1. The molecule has 3 rings (SSSR count). The lowest BCUT2D eigenvalue weighted by Gasteiger charge is -2.23. The molecule has 0 unspecified atom stereocenters. The summed E-state index contributed by atoms with van der Waals surface area (Å²) in [7, 11) is 1.70. The van der Waals surface area contributed by atoms with Crippen LogP contribution in [-0.4, -0.2) is 18.9 Å². The molecule has 0 saturated heterocycles. The standard InChI is InChI=1S/C19H19ClN2O2/c1-13-8-9-14(12-16(13)20)21-17(23)19(10-11-19)18(24)22(2)15-6-4-3-5-7-15/h3-9,12H,10-11H2,1-2H3,(H,21,23). The van der Waals surface area contributed by atoms with Crippen molar-refractivity contribution in [3.05, 3.63) is 59.1 Å². The zero-order valence-electron chi connectivity index (χ0n) is 13.7. The van der Waals surface area contributed by atoms with Gasteiger partial charge in [-0.25, -0.2) is 0 Å². The monoisotopic (exact) mass is 342 g/mol. The number of hydrogen-bond donors (Lipinski definition) is 1. The number of aryl methyl sites for hydroxylation is 1. The molecule has 1 fully saturated rings. The van der Waals surface area contributed by atoms with Gasteiger partial charge in [-0.3, -0.25) is 9.59 Å². The van der Waals surface area contributed by atoms with Crippen LogP contribution < -0.4 is 10.2 Å². The second-order valence-electron chi connectivity index (χ2n) is 6.20. The van der Waals surface area contributed by atoms with E-state index in [-0.39, 0.29) is 11.8 Å². The molecule has 1 aliphatic rings. The van der Waals surface area contributed by atoms with Crippen molar-refractivity contribution in [3.63, 3.8) is 0 Å². The van der Waals surface area contributed by atoms with Crippen LogP contribution in [0.1, 0.15) is 18.4 Å². The third kappa shape index (κ3) is 3.02. The summed E-state index contributed by atoms with van der Waals surface area (Å²) < 4.78 is 0. The topological polar surface area (TPSA) is 49.4 Å². The average Bonchev–Trinajstić information content (AvgIpc) is 3.39. The van der Waals surface area contributed by atoms with Crippen molar-refractivity contribution in [1.29, 1.82) is 0 Å². The SMILES string of the molecule is Cc1ccc(NC(=O)C2(C(=O)N(C)c3ccccc3)CC2)cc1Cl. The van der Waals surface area contributed by atoms with Gasteiger partial charge in [-0.15, -0.1) is 0 Å². The molecule has 0 radical (unpaired) electrons. The lowest BCUT2D eigenvalue weighted by molar-refractivity contribution is -0.132. The Bertz CT molecular complexity index is 785. The number of anilines is 2. The number of carbonyl (C=O) groups excluding carboxylic acids is 2. The number of carbonyl (C=O) groups is 2. The van der Waals surface area contributed by atoms with Gasteiger partial charge in [0, 0.05) is 23.4 Å². The predicted octanol–water partition coefficient (Wildman–Crippen LogP) is 4.03. The number of nitrogens with one attached hydrogen (secondary N) is 1. The van der Waals surface area contributed by atoms with E-state index in [4.69, 9.17) is 11.6 Å². The predicted molar refractivity (Wildman–Crippen MR) is 96.3 cm³/mol. The minimum absolute atomic E-state index is 0.176.